The van der Waals surface area contributed by atoms with Crippen LogP contribution in [0.4, 0.5) is 0 Å². The summed E-state index contributed by atoms with van der Waals surface area (Å²) in [7, 11) is 0. The number of benzene rings is 2. The molecule has 0 aliphatic rings. The zero-order valence-corrected chi connectivity index (χ0v) is 13.0. The number of hydrogen-bond acceptors (Lipinski definition) is 2. The lowest BCUT2D eigenvalue weighted by Crippen LogP contribution is -2.13. The molecular formula is C16H13Cl2NS. The maximum absolute atomic E-state index is 6.37. The Bertz CT molecular complexity index is 751. The Labute approximate surface area is 131 Å². The minimum atomic E-state index is -0.0731. The topological polar surface area (TPSA) is 26.0 Å². The zero-order valence-electron chi connectivity index (χ0n) is 10.6. The molecule has 1 atom stereocenters. The van der Waals surface area contributed by atoms with Crippen LogP contribution in [-0.2, 0) is 6.42 Å². The monoisotopic (exact) mass is 321 g/mol. The van der Waals surface area contributed by atoms with E-state index in [0.717, 1.165) is 5.56 Å². The summed E-state index contributed by atoms with van der Waals surface area (Å²) in [6, 6.07) is 13.8. The largest absolute Gasteiger partial charge is 0.324 e. The van der Waals surface area contributed by atoms with Gasteiger partial charge in [-0.05, 0) is 46.5 Å². The standard InChI is InChI=1S/C16H13Cl2NS/c17-12-5-4-11(14(18)9-12)8-15(19)13-3-1-2-10-6-7-20-16(10)13/h1-7,9,15H,8,19H2. The quantitative estimate of drug-likeness (QED) is 0.681. The van der Waals surface area contributed by atoms with Gasteiger partial charge >= 0.3 is 0 Å². The summed E-state index contributed by atoms with van der Waals surface area (Å²) in [6.07, 6.45) is 0.701. The molecule has 1 aromatic heterocycles. The Morgan fingerprint density at radius 3 is 2.75 bits per heavy atom. The first-order valence-corrected chi connectivity index (χ1v) is 7.94. The van der Waals surface area contributed by atoms with Crippen LogP contribution < -0.4 is 5.73 Å². The zero-order chi connectivity index (χ0) is 14.1. The molecule has 20 heavy (non-hydrogen) atoms. The van der Waals surface area contributed by atoms with E-state index in [1.165, 1.54) is 15.6 Å². The van der Waals surface area contributed by atoms with Crippen molar-refractivity contribution in [1.82, 2.24) is 0 Å². The first-order valence-electron chi connectivity index (χ1n) is 6.31. The van der Waals surface area contributed by atoms with E-state index < -0.39 is 0 Å². The fourth-order valence-electron chi connectivity index (χ4n) is 2.34. The van der Waals surface area contributed by atoms with Crippen molar-refractivity contribution in [2.75, 3.05) is 0 Å². The normalized spacial score (nSPS) is 12.8. The number of nitrogens with two attached hydrogens (primary N) is 1. The van der Waals surface area contributed by atoms with Gasteiger partial charge in [0.25, 0.3) is 0 Å². The van der Waals surface area contributed by atoms with Gasteiger partial charge in [-0.1, -0.05) is 47.5 Å². The van der Waals surface area contributed by atoms with Crippen molar-refractivity contribution in [2.24, 2.45) is 5.73 Å². The molecule has 102 valence electrons. The molecular weight excluding hydrogens is 309 g/mol. The van der Waals surface area contributed by atoms with E-state index in [0.29, 0.717) is 16.5 Å². The third-order valence-corrected chi connectivity index (χ3v) is 4.93. The van der Waals surface area contributed by atoms with Crippen molar-refractivity contribution >= 4 is 44.6 Å². The molecule has 3 rings (SSSR count). The van der Waals surface area contributed by atoms with Gasteiger partial charge in [0, 0.05) is 20.8 Å². The molecule has 2 N–H and O–H groups in total. The molecule has 0 radical (unpaired) electrons. The molecule has 0 aliphatic carbocycles. The summed E-state index contributed by atoms with van der Waals surface area (Å²) in [4.78, 5) is 0. The van der Waals surface area contributed by atoms with E-state index in [4.69, 9.17) is 28.9 Å². The summed E-state index contributed by atoms with van der Waals surface area (Å²) >= 11 is 13.9. The van der Waals surface area contributed by atoms with Gasteiger partial charge in [0.05, 0.1) is 0 Å². The van der Waals surface area contributed by atoms with Gasteiger partial charge in [-0.3, -0.25) is 0 Å². The van der Waals surface area contributed by atoms with Crippen LogP contribution in [0.2, 0.25) is 10.0 Å². The number of rotatable bonds is 3. The average Bonchev–Trinajstić information content (AvgIpc) is 2.90. The molecule has 1 heterocycles. The molecule has 0 bridgehead atoms. The molecule has 0 aliphatic heterocycles. The van der Waals surface area contributed by atoms with Crippen LogP contribution in [0.3, 0.4) is 0 Å². The summed E-state index contributed by atoms with van der Waals surface area (Å²) < 4.78 is 1.25. The van der Waals surface area contributed by atoms with Crippen LogP contribution in [0.15, 0.2) is 47.8 Å². The molecule has 3 aromatic rings. The molecule has 1 nitrogen and oxygen atoms in total. The average molecular weight is 322 g/mol. The number of fused-ring (bicyclic) bond motifs is 1. The van der Waals surface area contributed by atoms with Crippen LogP contribution in [-0.4, -0.2) is 0 Å². The van der Waals surface area contributed by atoms with Crippen LogP contribution in [0.25, 0.3) is 10.1 Å². The maximum Gasteiger partial charge on any atom is 0.0453 e. The van der Waals surface area contributed by atoms with Gasteiger partial charge in [-0.25, -0.2) is 0 Å². The van der Waals surface area contributed by atoms with Gasteiger partial charge in [0.15, 0.2) is 0 Å². The Morgan fingerprint density at radius 2 is 1.95 bits per heavy atom. The van der Waals surface area contributed by atoms with E-state index in [1.54, 1.807) is 17.4 Å². The molecule has 2 aromatic carbocycles. The second-order valence-electron chi connectivity index (χ2n) is 4.73. The lowest BCUT2D eigenvalue weighted by Gasteiger charge is -2.14. The van der Waals surface area contributed by atoms with Crippen LogP contribution in [0.1, 0.15) is 17.2 Å². The summed E-state index contributed by atoms with van der Waals surface area (Å²) in [5.74, 6) is 0. The van der Waals surface area contributed by atoms with Crippen molar-refractivity contribution in [3.05, 3.63) is 69.0 Å². The van der Waals surface area contributed by atoms with Crippen LogP contribution >= 0.6 is 34.5 Å². The Hall–Kier alpha value is -1.06. The summed E-state index contributed by atoms with van der Waals surface area (Å²) in [5, 5.41) is 4.65. The molecule has 0 saturated carbocycles. The molecule has 1 unspecified atom stereocenters. The second-order valence-corrected chi connectivity index (χ2v) is 6.49. The predicted molar refractivity (Wildman–Crippen MR) is 88.9 cm³/mol. The minimum Gasteiger partial charge on any atom is -0.324 e. The highest BCUT2D eigenvalue weighted by Crippen LogP contribution is 2.31. The first kappa shape index (κ1) is 13.9. The Morgan fingerprint density at radius 1 is 1.10 bits per heavy atom. The SMILES string of the molecule is NC(Cc1ccc(Cl)cc1Cl)c1cccc2ccsc12. The van der Waals surface area contributed by atoms with Crippen LogP contribution in [0.5, 0.6) is 0 Å². The van der Waals surface area contributed by atoms with Gasteiger partial charge in [-0.15, -0.1) is 11.3 Å². The highest BCUT2D eigenvalue weighted by molar-refractivity contribution is 7.17. The van der Waals surface area contributed by atoms with Crippen molar-refractivity contribution in [3.63, 3.8) is 0 Å². The molecule has 0 amide bonds. The minimum absolute atomic E-state index is 0.0731. The first-order chi connectivity index (χ1) is 9.65. The number of halogens is 2. The molecule has 0 fully saturated rings. The van der Waals surface area contributed by atoms with Crippen LogP contribution in [0, 0.1) is 0 Å². The van der Waals surface area contributed by atoms with Crippen molar-refractivity contribution in [1.29, 1.82) is 0 Å². The van der Waals surface area contributed by atoms with Crippen molar-refractivity contribution < 1.29 is 0 Å². The van der Waals surface area contributed by atoms with Crippen molar-refractivity contribution in [2.45, 2.75) is 12.5 Å². The predicted octanol–water partition coefficient (Wildman–Crippen LogP) is 5.45. The number of hydrogen-bond donors (Lipinski definition) is 1. The smallest absolute Gasteiger partial charge is 0.0453 e. The third kappa shape index (κ3) is 2.70. The Balaban J connectivity index is 1.93. The third-order valence-electron chi connectivity index (χ3n) is 3.36. The van der Waals surface area contributed by atoms with Gasteiger partial charge < -0.3 is 5.73 Å². The second kappa shape index (κ2) is 5.74. The van der Waals surface area contributed by atoms with E-state index in [1.807, 2.05) is 18.2 Å². The van der Waals surface area contributed by atoms with Crippen molar-refractivity contribution in [3.8, 4) is 0 Å². The molecule has 0 spiro atoms. The van der Waals surface area contributed by atoms with E-state index in [-0.39, 0.29) is 6.04 Å². The lowest BCUT2D eigenvalue weighted by atomic mass is 9.99. The summed E-state index contributed by atoms with van der Waals surface area (Å²) in [5.41, 5.74) is 8.57. The van der Waals surface area contributed by atoms with Gasteiger partial charge in [0.2, 0.25) is 0 Å². The van der Waals surface area contributed by atoms with E-state index in [9.17, 15) is 0 Å². The summed E-state index contributed by atoms with van der Waals surface area (Å²) in [6.45, 7) is 0. The lowest BCUT2D eigenvalue weighted by molar-refractivity contribution is 0.729. The van der Waals surface area contributed by atoms with E-state index >= 15 is 0 Å². The number of thiophene rings is 1. The van der Waals surface area contributed by atoms with Gasteiger partial charge in [0.1, 0.15) is 0 Å². The highest BCUT2D eigenvalue weighted by Gasteiger charge is 2.13. The molecule has 0 saturated heterocycles. The van der Waals surface area contributed by atoms with E-state index in [2.05, 4.69) is 23.6 Å². The van der Waals surface area contributed by atoms with Gasteiger partial charge in [-0.2, -0.15) is 0 Å². The molecule has 4 heteroatoms. The Kier molecular flexibility index (Phi) is 3.99. The fourth-order valence-corrected chi connectivity index (χ4v) is 3.81. The highest BCUT2D eigenvalue weighted by atomic mass is 35.5. The fraction of sp³-hybridized carbons (Fsp3) is 0.125. The maximum atomic E-state index is 6.37.